The zero-order valence-electron chi connectivity index (χ0n) is 13.5. The molecule has 1 aromatic heterocycles. The van der Waals surface area contributed by atoms with Crippen LogP contribution in [0.3, 0.4) is 0 Å². The van der Waals surface area contributed by atoms with Gasteiger partial charge in [0.15, 0.2) is 5.82 Å². The Morgan fingerprint density at radius 1 is 1.29 bits per heavy atom. The molecule has 1 atom stereocenters. The van der Waals surface area contributed by atoms with Crippen molar-refractivity contribution < 1.29 is 9.18 Å². The van der Waals surface area contributed by atoms with Crippen LogP contribution in [-0.2, 0) is 11.3 Å². The first-order chi connectivity index (χ1) is 11.7. The zero-order valence-corrected chi connectivity index (χ0v) is 13.5. The Morgan fingerprint density at radius 2 is 2.12 bits per heavy atom. The van der Waals surface area contributed by atoms with Gasteiger partial charge in [-0.3, -0.25) is 4.79 Å². The lowest BCUT2D eigenvalue weighted by Gasteiger charge is -2.33. The van der Waals surface area contributed by atoms with Gasteiger partial charge in [0, 0.05) is 32.3 Å². The Hall–Kier alpha value is -2.50. The maximum absolute atomic E-state index is 12.9. The molecule has 1 aliphatic rings. The molecule has 1 saturated heterocycles. The smallest absolute Gasteiger partial charge is 0.220 e. The van der Waals surface area contributed by atoms with Gasteiger partial charge in [0.2, 0.25) is 5.91 Å². The second kappa shape index (κ2) is 7.86. The number of carbonyl (C=O) groups excluding carboxylic acids is 1. The molecule has 1 aliphatic heterocycles. The lowest BCUT2D eigenvalue weighted by Crippen LogP contribution is -2.38. The summed E-state index contributed by atoms with van der Waals surface area (Å²) in [5.74, 6) is 0.949. The van der Waals surface area contributed by atoms with E-state index in [2.05, 4.69) is 20.4 Å². The Balaban J connectivity index is 1.48. The quantitative estimate of drug-likeness (QED) is 0.916. The van der Waals surface area contributed by atoms with Crippen molar-refractivity contribution in [2.75, 3.05) is 18.0 Å². The zero-order chi connectivity index (χ0) is 16.8. The van der Waals surface area contributed by atoms with Gasteiger partial charge in [-0.1, -0.05) is 12.1 Å². The van der Waals surface area contributed by atoms with Crippen LogP contribution in [0.15, 0.2) is 42.6 Å². The average Bonchev–Trinajstić information content (AvgIpc) is 2.62. The molecule has 0 spiro atoms. The molecule has 2 heterocycles. The topological polar surface area (TPSA) is 58.1 Å². The van der Waals surface area contributed by atoms with Gasteiger partial charge in [0.25, 0.3) is 0 Å². The van der Waals surface area contributed by atoms with E-state index in [4.69, 9.17) is 0 Å². The number of aromatic nitrogens is 2. The molecule has 0 saturated carbocycles. The van der Waals surface area contributed by atoms with Crippen molar-refractivity contribution >= 4 is 11.7 Å². The van der Waals surface area contributed by atoms with Gasteiger partial charge in [-0.2, -0.15) is 5.10 Å². The molecule has 6 heteroatoms. The fourth-order valence-electron chi connectivity index (χ4n) is 3.04. The molecule has 2 aromatic rings. The fourth-order valence-corrected chi connectivity index (χ4v) is 3.04. The number of carbonyl (C=O) groups is 1. The average molecular weight is 328 g/mol. The van der Waals surface area contributed by atoms with Crippen molar-refractivity contribution in [1.29, 1.82) is 0 Å². The maximum Gasteiger partial charge on any atom is 0.220 e. The number of rotatable bonds is 5. The predicted molar refractivity (Wildman–Crippen MR) is 89.8 cm³/mol. The van der Waals surface area contributed by atoms with Crippen LogP contribution >= 0.6 is 0 Å². The van der Waals surface area contributed by atoms with Crippen molar-refractivity contribution in [3.05, 3.63) is 54.0 Å². The highest BCUT2D eigenvalue weighted by atomic mass is 19.1. The Morgan fingerprint density at radius 3 is 2.88 bits per heavy atom. The van der Waals surface area contributed by atoms with Crippen molar-refractivity contribution in [1.82, 2.24) is 15.5 Å². The first-order valence-electron chi connectivity index (χ1n) is 8.24. The minimum atomic E-state index is -0.267. The third-order valence-corrected chi connectivity index (χ3v) is 4.28. The number of hydrogen-bond donors (Lipinski definition) is 1. The Bertz CT molecular complexity index is 662. The predicted octanol–water partition coefficient (Wildman–Crippen LogP) is 2.54. The molecule has 1 unspecified atom stereocenters. The highest BCUT2D eigenvalue weighted by Crippen LogP contribution is 2.23. The first-order valence-corrected chi connectivity index (χ1v) is 8.24. The van der Waals surface area contributed by atoms with Crippen molar-refractivity contribution in [2.45, 2.75) is 25.8 Å². The summed E-state index contributed by atoms with van der Waals surface area (Å²) in [5.41, 5.74) is 0.898. The monoisotopic (exact) mass is 328 g/mol. The van der Waals surface area contributed by atoms with Gasteiger partial charge in [-0.25, -0.2) is 4.39 Å². The van der Waals surface area contributed by atoms with E-state index in [0.29, 0.717) is 18.9 Å². The summed E-state index contributed by atoms with van der Waals surface area (Å²) in [5, 5.41) is 11.0. The van der Waals surface area contributed by atoms with Gasteiger partial charge < -0.3 is 10.2 Å². The van der Waals surface area contributed by atoms with Crippen LogP contribution in [0.4, 0.5) is 10.2 Å². The molecular weight excluding hydrogens is 307 g/mol. The number of amides is 1. The molecule has 1 aromatic carbocycles. The summed E-state index contributed by atoms with van der Waals surface area (Å²) >= 11 is 0. The van der Waals surface area contributed by atoms with Crippen LogP contribution in [0.25, 0.3) is 0 Å². The molecule has 24 heavy (non-hydrogen) atoms. The lowest BCUT2D eigenvalue weighted by atomic mass is 9.94. The summed E-state index contributed by atoms with van der Waals surface area (Å²) in [6.45, 7) is 2.20. The second-order valence-electron chi connectivity index (χ2n) is 6.14. The first kappa shape index (κ1) is 16.4. The van der Waals surface area contributed by atoms with Gasteiger partial charge >= 0.3 is 0 Å². The van der Waals surface area contributed by atoms with Gasteiger partial charge in [0.05, 0.1) is 0 Å². The van der Waals surface area contributed by atoms with Gasteiger partial charge in [-0.15, -0.1) is 5.10 Å². The minimum absolute atomic E-state index is 0.0327. The number of anilines is 1. The van der Waals surface area contributed by atoms with Crippen LogP contribution in [0, 0.1) is 11.7 Å². The van der Waals surface area contributed by atoms with Crippen LogP contribution in [0.1, 0.15) is 24.8 Å². The Kier molecular flexibility index (Phi) is 5.36. The molecule has 5 nitrogen and oxygen atoms in total. The van der Waals surface area contributed by atoms with Crippen LogP contribution < -0.4 is 10.2 Å². The molecule has 1 N–H and O–H groups in total. The Labute approximate surface area is 140 Å². The molecule has 126 valence electrons. The number of benzene rings is 1. The van der Waals surface area contributed by atoms with E-state index in [1.165, 1.54) is 12.1 Å². The van der Waals surface area contributed by atoms with E-state index in [1.807, 2.05) is 12.1 Å². The number of nitrogens with zero attached hydrogens (tertiary/aromatic N) is 3. The van der Waals surface area contributed by atoms with Crippen molar-refractivity contribution in [2.24, 2.45) is 5.92 Å². The molecular formula is C18H21FN4O. The van der Waals surface area contributed by atoms with Gasteiger partial charge in [-0.05, 0) is 48.6 Å². The molecule has 0 radical (unpaired) electrons. The largest absolute Gasteiger partial charge is 0.355 e. The van der Waals surface area contributed by atoms with E-state index >= 15 is 0 Å². The second-order valence-corrected chi connectivity index (χ2v) is 6.14. The van der Waals surface area contributed by atoms with Gasteiger partial charge in [0.1, 0.15) is 5.82 Å². The van der Waals surface area contributed by atoms with E-state index in [-0.39, 0.29) is 11.7 Å². The highest BCUT2D eigenvalue weighted by Gasteiger charge is 2.23. The normalized spacial score (nSPS) is 17.5. The number of nitrogens with one attached hydrogen (secondary N) is 1. The van der Waals surface area contributed by atoms with E-state index in [0.717, 1.165) is 37.3 Å². The molecule has 1 amide bonds. The lowest BCUT2D eigenvalue weighted by molar-refractivity contribution is -0.122. The summed E-state index contributed by atoms with van der Waals surface area (Å²) in [7, 11) is 0. The van der Waals surface area contributed by atoms with E-state index in [9.17, 15) is 9.18 Å². The third kappa shape index (κ3) is 4.50. The van der Waals surface area contributed by atoms with Crippen LogP contribution in [0.2, 0.25) is 0 Å². The van der Waals surface area contributed by atoms with Crippen molar-refractivity contribution in [3.63, 3.8) is 0 Å². The van der Waals surface area contributed by atoms with Crippen LogP contribution in [0.5, 0.6) is 0 Å². The standard InChI is InChI=1S/C18H21FN4O/c19-16-7-5-14(6-8-16)12-20-18(24)11-15-3-2-10-23(13-15)17-4-1-9-21-22-17/h1,4-9,15H,2-3,10-13H2,(H,20,24). The maximum atomic E-state index is 12.9. The molecule has 0 aliphatic carbocycles. The summed E-state index contributed by atoms with van der Waals surface area (Å²) < 4.78 is 12.9. The molecule has 3 rings (SSSR count). The van der Waals surface area contributed by atoms with Crippen LogP contribution in [-0.4, -0.2) is 29.2 Å². The molecule has 0 bridgehead atoms. The third-order valence-electron chi connectivity index (χ3n) is 4.28. The summed E-state index contributed by atoms with van der Waals surface area (Å²) in [6.07, 6.45) is 4.25. The number of piperidine rings is 1. The van der Waals surface area contributed by atoms with E-state index in [1.54, 1.807) is 18.3 Å². The fraction of sp³-hybridized carbons (Fsp3) is 0.389. The minimum Gasteiger partial charge on any atom is -0.355 e. The van der Waals surface area contributed by atoms with Crippen molar-refractivity contribution in [3.8, 4) is 0 Å². The summed E-state index contributed by atoms with van der Waals surface area (Å²) in [6, 6.07) is 10.0. The highest BCUT2D eigenvalue weighted by molar-refractivity contribution is 5.76. The number of hydrogen-bond acceptors (Lipinski definition) is 4. The number of halogens is 1. The van der Waals surface area contributed by atoms with E-state index < -0.39 is 0 Å². The summed E-state index contributed by atoms with van der Waals surface area (Å²) in [4.78, 5) is 14.4. The SMILES string of the molecule is O=C(CC1CCCN(c2cccnn2)C1)NCc1ccc(F)cc1. The molecule has 1 fully saturated rings.